The Morgan fingerprint density at radius 3 is 2.60 bits per heavy atom. The van der Waals surface area contributed by atoms with Crippen molar-refractivity contribution in [3.8, 4) is 11.5 Å². The number of benzene rings is 1. The van der Waals surface area contributed by atoms with Crippen molar-refractivity contribution in [2.24, 2.45) is 5.92 Å². The summed E-state index contributed by atoms with van der Waals surface area (Å²) in [6.07, 6.45) is 3.64. The number of nitrogens with one attached hydrogen (secondary N) is 3. The highest BCUT2D eigenvalue weighted by Crippen LogP contribution is 2.25. The van der Waals surface area contributed by atoms with E-state index in [1.807, 2.05) is 0 Å². The smallest absolute Gasteiger partial charge is 0.284 e. The van der Waals surface area contributed by atoms with E-state index in [0.717, 1.165) is 31.2 Å². The quantitative estimate of drug-likeness (QED) is 0.727. The molecule has 3 N–H and O–H groups in total. The Bertz CT molecular complexity index is 812. The fraction of sp³-hybridized carbons (Fsp3) is 0.412. The minimum atomic E-state index is -0.185. The average molecular weight is 360 g/mol. The van der Waals surface area contributed by atoms with E-state index >= 15 is 0 Å². The summed E-state index contributed by atoms with van der Waals surface area (Å²) >= 11 is 4.85. The van der Waals surface area contributed by atoms with Gasteiger partial charge in [0, 0.05) is 24.2 Å². The molecule has 1 aliphatic carbocycles. The lowest BCUT2D eigenvalue weighted by atomic mass is 9.83. The van der Waals surface area contributed by atoms with E-state index in [0.29, 0.717) is 11.5 Å². The molecule has 0 bridgehead atoms. The van der Waals surface area contributed by atoms with Gasteiger partial charge in [-0.05, 0) is 49.3 Å². The van der Waals surface area contributed by atoms with E-state index < -0.39 is 0 Å². The van der Waals surface area contributed by atoms with Crippen LogP contribution in [0.15, 0.2) is 28.7 Å². The predicted octanol–water partition coefficient (Wildman–Crippen LogP) is 2.43. The summed E-state index contributed by atoms with van der Waals surface area (Å²) in [5, 5.41) is 12.2. The summed E-state index contributed by atoms with van der Waals surface area (Å²) in [5.41, 5.74) is 1.25. The van der Waals surface area contributed by atoms with E-state index in [4.69, 9.17) is 16.6 Å². The molecule has 25 heavy (non-hydrogen) atoms. The second kappa shape index (κ2) is 7.60. The molecule has 0 aliphatic heterocycles. The molecule has 0 spiro atoms. The number of rotatable bonds is 4. The number of carbonyl (C=O) groups excluding carboxylic acids is 2. The monoisotopic (exact) mass is 360 g/mol. The first-order chi connectivity index (χ1) is 12.1. The van der Waals surface area contributed by atoms with Gasteiger partial charge in [0.05, 0.1) is 5.92 Å². The maximum atomic E-state index is 12.5. The molecule has 1 fully saturated rings. The van der Waals surface area contributed by atoms with Crippen LogP contribution in [0.25, 0.3) is 11.5 Å². The Balaban J connectivity index is 1.70. The van der Waals surface area contributed by atoms with Crippen LogP contribution in [0, 0.1) is 10.8 Å². The molecular formula is C17H20N4O3S. The first-order valence-corrected chi connectivity index (χ1v) is 8.67. The van der Waals surface area contributed by atoms with Crippen molar-refractivity contribution < 1.29 is 14.0 Å². The summed E-state index contributed by atoms with van der Waals surface area (Å²) in [4.78, 5) is 24.7. The zero-order valence-corrected chi connectivity index (χ0v) is 14.7. The lowest BCUT2D eigenvalue weighted by molar-refractivity contribution is -0.126. The van der Waals surface area contributed by atoms with Crippen LogP contribution < -0.4 is 10.6 Å². The van der Waals surface area contributed by atoms with Crippen LogP contribution in [0.2, 0.25) is 0 Å². The van der Waals surface area contributed by atoms with Gasteiger partial charge in [-0.25, -0.2) is 5.10 Å². The first-order valence-electron chi connectivity index (χ1n) is 8.27. The van der Waals surface area contributed by atoms with E-state index in [1.54, 1.807) is 31.3 Å². The first kappa shape index (κ1) is 17.3. The molecule has 8 heteroatoms. The lowest BCUT2D eigenvalue weighted by Gasteiger charge is -2.30. The van der Waals surface area contributed by atoms with Gasteiger partial charge in [0.1, 0.15) is 0 Å². The summed E-state index contributed by atoms with van der Waals surface area (Å²) in [7, 11) is 1.63. The lowest BCUT2D eigenvalue weighted by Crippen LogP contribution is -2.47. The largest absolute Gasteiger partial charge is 0.409 e. The maximum Gasteiger partial charge on any atom is 0.284 e. The molecule has 1 heterocycles. The Labute approximate surface area is 150 Å². The van der Waals surface area contributed by atoms with Crippen molar-refractivity contribution in [2.45, 2.75) is 31.7 Å². The molecule has 2 aromatic rings. The number of amides is 2. The Morgan fingerprint density at radius 2 is 1.96 bits per heavy atom. The SMILES string of the molecule is CNC(=O)[C@H]1CCCC[C@H]1NC(=O)c1ccc(-c2n[nH]c(=S)o2)cc1. The Kier molecular flexibility index (Phi) is 5.28. The minimum absolute atomic E-state index is 0.0137. The molecule has 0 unspecified atom stereocenters. The average Bonchev–Trinajstić information content (AvgIpc) is 3.08. The second-order valence-corrected chi connectivity index (χ2v) is 6.45. The number of nitrogens with zero attached hydrogens (tertiary/aromatic N) is 1. The molecule has 1 aromatic heterocycles. The van der Waals surface area contributed by atoms with Gasteiger partial charge in [0.2, 0.25) is 11.8 Å². The van der Waals surface area contributed by atoms with Gasteiger partial charge >= 0.3 is 0 Å². The van der Waals surface area contributed by atoms with Gasteiger partial charge in [-0.15, -0.1) is 5.10 Å². The zero-order chi connectivity index (χ0) is 17.8. The number of hydrogen-bond acceptors (Lipinski definition) is 5. The number of aromatic amines is 1. The summed E-state index contributed by atoms with van der Waals surface area (Å²) < 4.78 is 5.25. The van der Waals surface area contributed by atoms with Crippen LogP contribution in [-0.4, -0.2) is 35.1 Å². The highest BCUT2D eigenvalue weighted by molar-refractivity contribution is 7.71. The van der Waals surface area contributed by atoms with E-state index in [9.17, 15) is 9.59 Å². The van der Waals surface area contributed by atoms with Crippen LogP contribution in [0.1, 0.15) is 36.0 Å². The Morgan fingerprint density at radius 1 is 1.24 bits per heavy atom. The molecule has 1 saturated carbocycles. The van der Waals surface area contributed by atoms with Crippen molar-refractivity contribution in [2.75, 3.05) is 7.05 Å². The molecule has 132 valence electrons. The zero-order valence-electron chi connectivity index (χ0n) is 13.9. The van der Waals surface area contributed by atoms with Crippen molar-refractivity contribution in [1.29, 1.82) is 0 Å². The molecule has 1 aromatic carbocycles. The third kappa shape index (κ3) is 3.96. The predicted molar refractivity (Wildman–Crippen MR) is 94.4 cm³/mol. The number of H-pyrrole nitrogens is 1. The van der Waals surface area contributed by atoms with Crippen LogP contribution in [-0.2, 0) is 4.79 Å². The molecule has 0 saturated heterocycles. The highest BCUT2D eigenvalue weighted by atomic mass is 32.1. The van der Waals surface area contributed by atoms with Gasteiger partial charge in [0.15, 0.2) is 0 Å². The van der Waals surface area contributed by atoms with Crippen molar-refractivity contribution in [1.82, 2.24) is 20.8 Å². The van der Waals surface area contributed by atoms with Gasteiger partial charge in [-0.3, -0.25) is 9.59 Å². The fourth-order valence-electron chi connectivity index (χ4n) is 3.17. The number of carbonyl (C=O) groups is 2. The van der Waals surface area contributed by atoms with Crippen molar-refractivity contribution >= 4 is 24.0 Å². The standard InChI is InChI=1S/C17H20N4O3S/c1-18-15(23)12-4-2-3-5-13(12)19-14(22)10-6-8-11(9-7-10)16-20-21-17(25)24-16/h6-9,12-13H,2-5H2,1H3,(H,18,23)(H,19,22)(H,21,25)/t12-,13+/m0/s1. The number of hydrogen-bond donors (Lipinski definition) is 3. The van der Waals surface area contributed by atoms with E-state index in [2.05, 4.69) is 20.8 Å². The minimum Gasteiger partial charge on any atom is -0.409 e. The second-order valence-electron chi connectivity index (χ2n) is 6.08. The van der Waals surface area contributed by atoms with Crippen molar-refractivity contribution in [3.05, 3.63) is 34.7 Å². The van der Waals surface area contributed by atoms with Crippen molar-refractivity contribution in [3.63, 3.8) is 0 Å². The van der Waals surface area contributed by atoms with Gasteiger partial charge in [-0.2, -0.15) is 0 Å². The van der Waals surface area contributed by atoms with E-state index in [1.165, 1.54) is 0 Å². The maximum absolute atomic E-state index is 12.5. The third-order valence-electron chi connectivity index (χ3n) is 4.50. The summed E-state index contributed by atoms with van der Waals surface area (Å²) in [5.74, 6) is 0.00899. The molecule has 1 aliphatic rings. The van der Waals surface area contributed by atoms with E-state index in [-0.39, 0.29) is 28.6 Å². The molecule has 0 radical (unpaired) electrons. The molecular weight excluding hydrogens is 340 g/mol. The molecule has 3 rings (SSSR count). The van der Waals surface area contributed by atoms with Crippen LogP contribution in [0.4, 0.5) is 0 Å². The number of aromatic nitrogens is 2. The van der Waals surface area contributed by atoms with Crippen LogP contribution in [0.5, 0.6) is 0 Å². The molecule has 2 atom stereocenters. The van der Waals surface area contributed by atoms with Gasteiger partial charge < -0.3 is 15.1 Å². The normalized spacial score (nSPS) is 20.0. The van der Waals surface area contributed by atoms with Gasteiger partial charge in [0.25, 0.3) is 10.7 Å². The summed E-state index contributed by atoms with van der Waals surface area (Å²) in [6.45, 7) is 0. The fourth-order valence-corrected chi connectivity index (χ4v) is 3.30. The molecule has 7 nitrogen and oxygen atoms in total. The topological polar surface area (TPSA) is 100 Å². The third-order valence-corrected chi connectivity index (χ3v) is 4.67. The highest BCUT2D eigenvalue weighted by Gasteiger charge is 2.31. The molecule has 2 amide bonds. The van der Waals surface area contributed by atoms with Crippen LogP contribution in [0.3, 0.4) is 0 Å². The summed E-state index contributed by atoms with van der Waals surface area (Å²) in [6, 6.07) is 6.77. The Hall–Kier alpha value is -2.48. The van der Waals surface area contributed by atoms with Gasteiger partial charge in [-0.1, -0.05) is 12.8 Å². The van der Waals surface area contributed by atoms with Crippen LogP contribution >= 0.6 is 12.2 Å².